The number of hydrazine groups is 1. The predicted octanol–water partition coefficient (Wildman–Crippen LogP) is -0.242. The van der Waals surface area contributed by atoms with Crippen molar-refractivity contribution in [2.75, 3.05) is 32.8 Å². The van der Waals surface area contributed by atoms with Crippen LogP contribution in [0.3, 0.4) is 0 Å². The number of ether oxygens (including phenoxy) is 1. The lowest BCUT2D eigenvalue weighted by atomic mass is 10.5. The van der Waals surface area contributed by atoms with Gasteiger partial charge in [-0.1, -0.05) is 6.08 Å². The Morgan fingerprint density at radius 2 is 2.00 bits per heavy atom. The number of hydrogen-bond acceptors (Lipinski definition) is 3. The Bertz CT molecular complexity index is 266. The second-order valence-corrected chi connectivity index (χ2v) is 3.95. The van der Waals surface area contributed by atoms with Crippen molar-refractivity contribution in [2.24, 2.45) is 0 Å². The number of morpholine rings is 1. The van der Waals surface area contributed by atoms with Crippen molar-refractivity contribution in [1.82, 2.24) is 21.1 Å². The van der Waals surface area contributed by atoms with Crippen molar-refractivity contribution in [3.8, 4) is 0 Å². The molecule has 1 aliphatic heterocycles. The van der Waals surface area contributed by atoms with Crippen LogP contribution in [-0.2, 0) is 4.74 Å². The van der Waals surface area contributed by atoms with Crippen LogP contribution in [0.25, 0.3) is 0 Å². The van der Waals surface area contributed by atoms with E-state index in [2.05, 4.69) is 22.7 Å². The topological polar surface area (TPSA) is 48.6 Å². The van der Waals surface area contributed by atoms with Gasteiger partial charge < -0.3 is 15.0 Å². The van der Waals surface area contributed by atoms with E-state index >= 15 is 0 Å². The molecule has 7 heteroatoms. The number of thiocarbonyl (C=S) groups is 2. The summed E-state index contributed by atoms with van der Waals surface area (Å²) >= 11 is 10.2. The first-order valence-electron chi connectivity index (χ1n) is 5.01. The average molecular weight is 260 g/mol. The lowest BCUT2D eigenvalue weighted by Crippen LogP contribution is -2.53. The highest BCUT2D eigenvalue weighted by molar-refractivity contribution is 7.80. The molecular formula is C9H16N4OS2. The summed E-state index contributed by atoms with van der Waals surface area (Å²) in [7, 11) is 0. The fourth-order valence-electron chi connectivity index (χ4n) is 1.16. The highest BCUT2D eigenvalue weighted by Gasteiger charge is 2.12. The molecule has 3 N–H and O–H groups in total. The van der Waals surface area contributed by atoms with Gasteiger partial charge in [-0.2, -0.15) is 0 Å². The van der Waals surface area contributed by atoms with Gasteiger partial charge in [0.15, 0.2) is 10.2 Å². The fourth-order valence-corrected chi connectivity index (χ4v) is 1.53. The molecule has 0 spiro atoms. The first-order valence-corrected chi connectivity index (χ1v) is 5.83. The van der Waals surface area contributed by atoms with Gasteiger partial charge in [-0.3, -0.25) is 10.9 Å². The summed E-state index contributed by atoms with van der Waals surface area (Å²) in [5, 5.41) is 4.05. The molecule has 0 bridgehead atoms. The van der Waals surface area contributed by atoms with E-state index in [0.717, 1.165) is 13.1 Å². The van der Waals surface area contributed by atoms with Crippen LogP contribution in [0.5, 0.6) is 0 Å². The summed E-state index contributed by atoms with van der Waals surface area (Å²) in [6, 6.07) is 0. The first-order chi connectivity index (χ1) is 7.74. The summed E-state index contributed by atoms with van der Waals surface area (Å²) in [4.78, 5) is 2.03. The maximum Gasteiger partial charge on any atom is 0.188 e. The van der Waals surface area contributed by atoms with Gasteiger partial charge in [-0.05, 0) is 24.4 Å². The fraction of sp³-hybridized carbons (Fsp3) is 0.556. The molecule has 90 valence electrons. The molecule has 16 heavy (non-hydrogen) atoms. The number of hydrogen-bond donors (Lipinski definition) is 3. The minimum atomic E-state index is 0.496. The third kappa shape index (κ3) is 4.73. The number of nitrogens with zero attached hydrogens (tertiary/aromatic N) is 1. The smallest absolute Gasteiger partial charge is 0.188 e. The molecular weight excluding hydrogens is 244 g/mol. The van der Waals surface area contributed by atoms with Crippen LogP contribution in [0.2, 0.25) is 0 Å². The Morgan fingerprint density at radius 1 is 1.31 bits per heavy atom. The van der Waals surface area contributed by atoms with Gasteiger partial charge in [0.1, 0.15) is 0 Å². The van der Waals surface area contributed by atoms with Gasteiger partial charge >= 0.3 is 0 Å². The van der Waals surface area contributed by atoms with Crippen LogP contribution in [0.4, 0.5) is 0 Å². The summed E-state index contributed by atoms with van der Waals surface area (Å²) in [6.07, 6.45) is 1.73. The van der Waals surface area contributed by atoms with Crippen molar-refractivity contribution >= 4 is 34.7 Å². The summed E-state index contributed by atoms with van der Waals surface area (Å²) in [5.74, 6) is 0. The summed E-state index contributed by atoms with van der Waals surface area (Å²) in [5.41, 5.74) is 5.69. The molecule has 0 saturated carbocycles. The van der Waals surface area contributed by atoms with E-state index in [-0.39, 0.29) is 0 Å². The van der Waals surface area contributed by atoms with Crippen LogP contribution < -0.4 is 16.2 Å². The van der Waals surface area contributed by atoms with E-state index in [0.29, 0.717) is 30.0 Å². The van der Waals surface area contributed by atoms with Crippen LogP contribution in [0.15, 0.2) is 12.7 Å². The summed E-state index contributed by atoms with van der Waals surface area (Å²) in [6.45, 7) is 7.24. The zero-order valence-electron chi connectivity index (χ0n) is 8.99. The van der Waals surface area contributed by atoms with Crippen molar-refractivity contribution in [2.45, 2.75) is 0 Å². The van der Waals surface area contributed by atoms with Gasteiger partial charge in [0.25, 0.3) is 0 Å². The molecule has 1 saturated heterocycles. The molecule has 0 aromatic heterocycles. The Morgan fingerprint density at radius 3 is 2.62 bits per heavy atom. The second kappa shape index (κ2) is 7.37. The molecule has 5 nitrogen and oxygen atoms in total. The Kier molecular flexibility index (Phi) is 6.05. The maximum atomic E-state index is 5.23. The molecule has 1 fully saturated rings. The lowest BCUT2D eigenvalue weighted by molar-refractivity contribution is 0.0675. The third-order valence-corrected chi connectivity index (χ3v) is 2.59. The van der Waals surface area contributed by atoms with E-state index in [1.165, 1.54) is 0 Å². The molecule has 0 atom stereocenters. The van der Waals surface area contributed by atoms with Crippen LogP contribution in [0, 0.1) is 0 Å². The molecule has 0 unspecified atom stereocenters. The Balaban J connectivity index is 2.18. The van der Waals surface area contributed by atoms with E-state index in [1.807, 2.05) is 4.90 Å². The van der Waals surface area contributed by atoms with Crippen molar-refractivity contribution in [3.63, 3.8) is 0 Å². The molecule has 1 aliphatic rings. The van der Waals surface area contributed by atoms with Gasteiger partial charge in [0.05, 0.1) is 13.2 Å². The highest BCUT2D eigenvalue weighted by atomic mass is 32.1. The second-order valence-electron chi connectivity index (χ2n) is 3.15. The number of rotatable bonds is 2. The normalized spacial score (nSPS) is 15.1. The zero-order valence-corrected chi connectivity index (χ0v) is 10.6. The van der Waals surface area contributed by atoms with E-state index < -0.39 is 0 Å². The predicted molar refractivity (Wildman–Crippen MR) is 72.1 cm³/mol. The molecule has 0 aliphatic carbocycles. The average Bonchev–Trinajstić information content (AvgIpc) is 2.34. The summed E-state index contributed by atoms with van der Waals surface area (Å²) < 4.78 is 5.23. The first kappa shape index (κ1) is 13.1. The monoisotopic (exact) mass is 260 g/mol. The van der Waals surface area contributed by atoms with Gasteiger partial charge in [0, 0.05) is 19.6 Å². The van der Waals surface area contributed by atoms with E-state index in [9.17, 15) is 0 Å². The molecule has 0 amide bonds. The van der Waals surface area contributed by atoms with Gasteiger partial charge in [-0.25, -0.2) is 0 Å². The van der Waals surface area contributed by atoms with Gasteiger partial charge in [-0.15, -0.1) is 6.58 Å². The molecule has 0 radical (unpaired) electrons. The molecule has 1 heterocycles. The Hall–Kier alpha value is -0.920. The number of nitrogens with one attached hydrogen (secondary N) is 3. The third-order valence-electron chi connectivity index (χ3n) is 1.99. The molecule has 1 rings (SSSR count). The minimum absolute atomic E-state index is 0.496. The van der Waals surface area contributed by atoms with E-state index in [4.69, 9.17) is 29.2 Å². The van der Waals surface area contributed by atoms with Crippen molar-refractivity contribution in [1.29, 1.82) is 0 Å². The van der Waals surface area contributed by atoms with Crippen LogP contribution in [0.1, 0.15) is 0 Å². The van der Waals surface area contributed by atoms with Crippen LogP contribution in [-0.4, -0.2) is 48.0 Å². The molecule has 0 aromatic rings. The lowest BCUT2D eigenvalue weighted by Gasteiger charge is -2.29. The quantitative estimate of drug-likeness (QED) is 0.360. The zero-order chi connectivity index (χ0) is 11.8. The SMILES string of the molecule is C=CCNC(=S)NNC(=S)N1CCOCC1. The van der Waals surface area contributed by atoms with Crippen LogP contribution >= 0.6 is 24.4 Å². The maximum absolute atomic E-state index is 5.23. The standard InChI is InChI=1S/C9H16N4OS2/c1-2-3-10-8(15)11-12-9(16)13-4-6-14-7-5-13/h2H,1,3-7H2,(H,12,16)(H2,10,11,15). The minimum Gasteiger partial charge on any atom is -0.378 e. The molecule has 0 aromatic carbocycles. The highest BCUT2D eigenvalue weighted by Crippen LogP contribution is 1.96. The van der Waals surface area contributed by atoms with E-state index in [1.54, 1.807) is 6.08 Å². The van der Waals surface area contributed by atoms with Gasteiger partial charge in [0.2, 0.25) is 0 Å². The Labute approximate surface area is 106 Å². The van der Waals surface area contributed by atoms with Crippen molar-refractivity contribution < 1.29 is 4.74 Å². The van der Waals surface area contributed by atoms with Crippen molar-refractivity contribution in [3.05, 3.63) is 12.7 Å². The largest absolute Gasteiger partial charge is 0.378 e.